The van der Waals surface area contributed by atoms with Crippen molar-refractivity contribution >= 4 is 5.69 Å². The molecule has 0 N–H and O–H groups in total. The molecule has 0 amide bonds. The van der Waals surface area contributed by atoms with Gasteiger partial charge in [-0.15, -0.1) is 0 Å². The fourth-order valence-corrected chi connectivity index (χ4v) is 4.08. The first-order valence-corrected chi connectivity index (χ1v) is 9.72. The molecule has 4 rings (SSSR count). The number of hydrogen-bond donors (Lipinski definition) is 0. The van der Waals surface area contributed by atoms with Crippen LogP contribution < -0.4 is 0 Å². The summed E-state index contributed by atoms with van der Waals surface area (Å²) < 4.78 is 2.36. The lowest BCUT2D eigenvalue weighted by Gasteiger charge is -2.31. The quantitative estimate of drug-likeness (QED) is 0.476. The number of nitro groups is 1. The lowest BCUT2D eigenvalue weighted by Crippen LogP contribution is -2.29. The first kappa shape index (κ1) is 18.4. The molecule has 144 valence electrons. The van der Waals surface area contributed by atoms with Crippen molar-refractivity contribution in [1.82, 2.24) is 9.47 Å². The number of fused-ring (bicyclic) bond motifs is 1. The van der Waals surface area contributed by atoms with E-state index in [1.54, 1.807) is 12.1 Å². The Morgan fingerprint density at radius 3 is 2.54 bits per heavy atom. The van der Waals surface area contributed by atoms with E-state index in [4.69, 9.17) is 0 Å². The molecule has 0 unspecified atom stereocenters. The summed E-state index contributed by atoms with van der Waals surface area (Å²) in [7, 11) is 0. The first-order valence-electron chi connectivity index (χ1n) is 9.72. The number of nitro benzene ring substituents is 1. The van der Waals surface area contributed by atoms with Gasteiger partial charge in [-0.1, -0.05) is 30.3 Å². The first-order chi connectivity index (χ1) is 13.5. The van der Waals surface area contributed by atoms with Gasteiger partial charge in [0.1, 0.15) is 0 Å². The van der Waals surface area contributed by atoms with Crippen LogP contribution in [0.5, 0.6) is 0 Å². The van der Waals surface area contributed by atoms with Crippen molar-refractivity contribution < 1.29 is 4.92 Å². The van der Waals surface area contributed by atoms with E-state index in [-0.39, 0.29) is 16.7 Å². The zero-order valence-corrected chi connectivity index (χ0v) is 16.3. The highest BCUT2D eigenvalue weighted by Gasteiger charge is 2.27. The number of non-ortho nitro benzene ring substituents is 1. The number of nitrogens with zero attached hydrogens (tertiary/aromatic N) is 3. The Hall–Kier alpha value is -2.92. The van der Waals surface area contributed by atoms with Gasteiger partial charge in [-0.2, -0.15) is 0 Å². The second kappa shape index (κ2) is 7.60. The van der Waals surface area contributed by atoms with E-state index in [9.17, 15) is 10.1 Å². The second-order valence-electron chi connectivity index (χ2n) is 7.62. The molecule has 5 heteroatoms. The molecule has 1 aromatic heterocycles. The third-order valence-corrected chi connectivity index (χ3v) is 5.73. The number of hydrogen-bond acceptors (Lipinski definition) is 3. The molecule has 0 fully saturated rings. The molecular formula is C23H25N3O2. The zero-order chi connectivity index (χ0) is 19.7. The van der Waals surface area contributed by atoms with E-state index in [0.29, 0.717) is 0 Å². The Balaban J connectivity index is 1.71. The molecule has 0 spiro atoms. The van der Waals surface area contributed by atoms with E-state index in [1.165, 1.54) is 22.4 Å². The summed E-state index contributed by atoms with van der Waals surface area (Å²) in [5, 5.41) is 10.9. The third kappa shape index (κ3) is 3.58. The molecule has 0 aliphatic carbocycles. The van der Waals surface area contributed by atoms with Crippen molar-refractivity contribution in [3.8, 4) is 0 Å². The average Bonchev–Trinajstić information content (AvgIpc) is 3.06. The number of rotatable bonds is 4. The summed E-state index contributed by atoms with van der Waals surface area (Å²) in [4.78, 5) is 13.1. The van der Waals surface area contributed by atoms with Crippen molar-refractivity contribution in [3.05, 3.63) is 98.9 Å². The summed E-state index contributed by atoms with van der Waals surface area (Å²) in [6.07, 6.45) is 3.24. The zero-order valence-electron chi connectivity index (χ0n) is 16.3. The van der Waals surface area contributed by atoms with Crippen molar-refractivity contribution in [3.63, 3.8) is 0 Å². The minimum absolute atomic E-state index is 0.138. The second-order valence-corrected chi connectivity index (χ2v) is 7.62. The van der Waals surface area contributed by atoms with Crippen LogP contribution in [0, 0.1) is 24.0 Å². The average molecular weight is 375 g/mol. The molecule has 28 heavy (non-hydrogen) atoms. The largest absolute Gasteiger partial charge is 0.350 e. The monoisotopic (exact) mass is 375 g/mol. The van der Waals surface area contributed by atoms with Gasteiger partial charge in [0.25, 0.3) is 5.69 Å². The van der Waals surface area contributed by atoms with Crippen molar-refractivity contribution in [2.75, 3.05) is 6.54 Å². The van der Waals surface area contributed by atoms with E-state index in [2.05, 4.69) is 59.8 Å². The predicted octanol–water partition coefficient (Wildman–Crippen LogP) is 5.01. The van der Waals surface area contributed by atoms with Crippen molar-refractivity contribution in [1.29, 1.82) is 0 Å². The molecule has 5 nitrogen and oxygen atoms in total. The highest BCUT2D eigenvalue weighted by molar-refractivity contribution is 5.37. The van der Waals surface area contributed by atoms with E-state index >= 15 is 0 Å². The van der Waals surface area contributed by atoms with Gasteiger partial charge in [0.2, 0.25) is 0 Å². The number of aromatic nitrogens is 1. The summed E-state index contributed by atoms with van der Waals surface area (Å²) in [5.74, 6) is 0. The van der Waals surface area contributed by atoms with Gasteiger partial charge in [-0.05, 0) is 54.7 Å². The molecule has 0 saturated carbocycles. The van der Waals surface area contributed by atoms with Crippen LogP contribution >= 0.6 is 0 Å². The van der Waals surface area contributed by atoms with Crippen molar-refractivity contribution in [2.24, 2.45) is 0 Å². The maximum atomic E-state index is 10.9. The van der Waals surface area contributed by atoms with Gasteiger partial charge in [0, 0.05) is 43.7 Å². The molecule has 1 aliphatic rings. The standard InChI is InChI=1S/C23H25N3O2/c1-17-6-9-20(15-18(17)2)23-22-5-3-12-24(22)13-4-14-25(23)16-19-7-10-21(11-8-19)26(27)28/h3,5-12,15,23H,4,13-14,16H2,1-2H3/t23-/m1/s1. The lowest BCUT2D eigenvalue weighted by molar-refractivity contribution is -0.384. The minimum Gasteiger partial charge on any atom is -0.350 e. The fraction of sp³-hybridized carbons (Fsp3) is 0.304. The molecule has 0 saturated heterocycles. The van der Waals surface area contributed by atoms with E-state index in [0.717, 1.165) is 31.6 Å². The molecule has 1 aliphatic heterocycles. The van der Waals surface area contributed by atoms with Crippen LogP contribution in [0.1, 0.15) is 40.4 Å². The molecule has 1 atom stereocenters. The van der Waals surface area contributed by atoms with Gasteiger partial charge in [-0.25, -0.2) is 0 Å². The molecule has 0 bridgehead atoms. The maximum Gasteiger partial charge on any atom is 0.269 e. The van der Waals surface area contributed by atoms with Crippen molar-refractivity contribution in [2.45, 2.75) is 39.4 Å². The van der Waals surface area contributed by atoms with Crippen LogP contribution in [0.4, 0.5) is 5.69 Å². The minimum atomic E-state index is -0.347. The van der Waals surface area contributed by atoms with Crippen LogP contribution in [0.15, 0.2) is 60.8 Å². The SMILES string of the molecule is Cc1ccc([C@@H]2c3cccn3CCCN2Cc2ccc([N+](=O)[O-])cc2)cc1C. The number of benzene rings is 2. The van der Waals surface area contributed by atoms with E-state index in [1.807, 2.05) is 12.1 Å². The Bertz CT molecular complexity index is 991. The smallest absolute Gasteiger partial charge is 0.269 e. The predicted molar refractivity (Wildman–Crippen MR) is 110 cm³/mol. The highest BCUT2D eigenvalue weighted by Crippen LogP contribution is 2.34. The normalized spacial score (nSPS) is 17.1. The van der Waals surface area contributed by atoms with E-state index < -0.39 is 0 Å². The Kier molecular flexibility index (Phi) is 5.01. The summed E-state index contributed by atoms with van der Waals surface area (Å²) in [6, 6.07) is 18.2. The van der Waals surface area contributed by atoms with Crippen LogP contribution in [-0.2, 0) is 13.1 Å². The summed E-state index contributed by atoms with van der Waals surface area (Å²) >= 11 is 0. The maximum absolute atomic E-state index is 10.9. The Labute approximate surface area is 165 Å². The molecule has 2 aromatic carbocycles. The van der Waals surface area contributed by atoms with Gasteiger partial charge < -0.3 is 4.57 Å². The fourth-order valence-electron chi connectivity index (χ4n) is 4.08. The van der Waals surface area contributed by atoms with Crippen LogP contribution in [-0.4, -0.2) is 20.9 Å². The summed E-state index contributed by atoms with van der Waals surface area (Å²) in [6.45, 7) is 7.07. The van der Waals surface area contributed by atoms with Crippen LogP contribution in [0.25, 0.3) is 0 Å². The third-order valence-electron chi connectivity index (χ3n) is 5.73. The van der Waals surface area contributed by atoms with Gasteiger partial charge in [0.05, 0.1) is 11.0 Å². The summed E-state index contributed by atoms with van der Waals surface area (Å²) in [5.41, 5.74) is 6.44. The Morgan fingerprint density at radius 2 is 1.82 bits per heavy atom. The van der Waals surface area contributed by atoms with Crippen LogP contribution in [0.2, 0.25) is 0 Å². The van der Waals surface area contributed by atoms with Crippen LogP contribution in [0.3, 0.4) is 0 Å². The molecular weight excluding hydrogens is 350 g/mol. The van der Waals surface area contributed by atoms with Gasteiger partial charge in [-0.3, -0.25) is 15.0 Å². The highest BCUT2D eigenvalue weighted by atomic mass is 16.6. The Morgan fingerprint density at radius 1 is 1.04 bits per heavy atom. The molecule has 0 radical (unpaired) electrons. The number of aryl methyl sites for hydroxylation is 3. The van der Waals surface area contributed by atoms with Gasteiger partial charge >= 0.3 is 0 Å². The van der Waals surface area contributed by atoms with Gasteiger partial charge in [0.15, 0.2) is 0 Å². The lowest BCUT2D eigenvalue weighted by atomic mass is 9.97. The molecule has 2 heterocycles. The topological polar surface area (TPSA) is 51.3 Å². The molecule has 3 aromatic rings.